The maximum atomic E-state index is 13.1. The van der Waals surface area contributed by atoms with Gasteiger partial charge in [-0.15, -0.1) is 0 Å². The van der Waals surface area contributed by atoms with Gasteiger partial charge >= 0.3 is 6.18 Å². The normalized spacial score (nSPS) is 14.1. The van der Waals surface area contributed by atoms with Crippen LogP contribution >= 0.6 is 0 Å². The van der Waals surface area contributed by atoms with Crippen molar-refractivity contribution < 1.29 is 32.0 Å². The Morgan fingerprint density at radius 3 is 2.71 bits per heavy atom. The van der Waals surface area contributed by atoms with E-state index in [0.717, 1.165) is 0 Å². The monoisotopic (exact) mass is 489 g/mol. The number of halogens is 3. The van der Waals surface area contributed by atoms with Crippen LogP contribution < -0.4 is 10.1 Å². The highest BCUT2D eigenvalue weighted by Gasteiger charge is 2.34. The van der Waals surface area contributed by atoms with Crippen LogP contribution in [-0.2, 0) is 17.8 Å². The maximum absolute atomic E-state index is 13.1. The van der Waals surface area contributed by atoms with E-state index in [1.54, 1.807) is 43.9 Å². The van der Waals surface area contributed by atoms with Gasteiger partial charge in [0, 0.05) is 35.2 Å². The molecule has 9 nitrogen and oxygen atoms in total. The minimum absolute atomic E-state index is 0.00947. The largest absolute Gasteiger partial charge is 0.468 e. The van der Waals surface area contributed by atoms with E-state index in [4.69, 9.17) is 9.26 Å². The van der Waals surface area contributed by atoms with Gasteiger partial charge in [-0.05, 0) is 38.5 Å². The highest BCUT2D eigenvalue weighted by atomic mass is 19.4. The number of carbonyl (C=O) groups excluding carboxylic acids is 2. The van der Waals surface area contributed by atoms with Crippen LogP contribution in [-0.4, -0.2) is 44.6 Å². The van der Waals surface area contributed by atoms with Gasteiger partial charge in [0.05, 0.1) is 24.7 Å². The number of ether oxygens (including phenoxy) is 1. The van der Waals surface area contributed by atoms with Crippen LogP contribution in [0.5, 0.6) is 5.88 Å². The van der Waals surface area contributed by atoms with Gasteiger partial charge in [-0.3, -0.25) is 9.59 Å². The SMILES string of the molecule is Cc1cc(CC(=O)Nc2nccc3c2CN(C(C)c2cnc(OCC(F)(F)F)c(C)c2)C3=O)no1. The minimum atomic E-state index is -4.47. The summed E-state index contributed by atoms with van der Waals surface area (Å²) in [5.74, 6) is 0.137. The maximum Gasteiger partial charge on any atom is 0.422 e. The first-order chi connectivity index (χ1) is 16.5. The number of rotatable bonds is 7. The average Bonchev–Trinajstić information content (AvgIpc) is 3.35. The number of hydrogen-bond donors (Lipinski definition) is 1. The molecular formula is C23H22F3N5O4. The lowest BCUT2D eigenvalue weighted by Crippen LogP contribution is -2.27. The number of amides is 2. The highest BCUT2D eigenvalue weighted by Crippen LogP contribution is 2.34. The van der Waals surface area contributed by atoms with Gasteiger partial charge in [0.2, 0.25) is 11.8 Å². The number of nitrogens with zero attached hydrogens (tertiary/aromatic N) is 4. The summed E-state index contributed by atoms with van der Waals surface area (Å²) in [7, 11) is 0. The second-order valence-electron chi connectivity index (χ2n) is 8.24. The van der Waals surface area contributed by atoms with E-state index in [2.05, 4.69) is 20.4 Å². The number of aryl methyl sites for hydroxylation is 2. The molecule has 1 aliphatic heterocycles. The van der Waals surface area contributed by atoms with Crippen molar-refractivity contribution in [3.05, 3.63) is 64.3 Å². The summed E-state index contributed by atoms with van der Waals surface area (Å²) in [6.45, 7) is 3.85. The zero-order chi connectivity index (χ0) is 25.3. The topological polar surface area (TPSA) is 110 Å². The fraction of sp³-hybridized carbons (Fsp3) is 0.348. The summed E-state index contributed by atoms with van der Waals surface area (Å²) in [5.41, 5.74) is 2.51. The van der Waals surface area contributed by atoms with Crippen LogP contribution in [0.25, 0.3) is 0 Å². The number of pyridine rings is 2. The van der Waals surface area contributed by atoms with E-state index >= 15 is 0 Å². The van der Waals surface area contributed by atoms with Gasteiger partial charge in [0.25, 0.3) is 5.91 Å². The fourth-order valence-corrected chi connectivity index (χ4v) is 3.81. The number of carbonyl (C=O) groups is 2. The summed E-state index contributed by atoms with van der Waals surface area (Å²) in [4.78, 5) is 35.4. The van der Waals surface area contributed by atoms with E-state index in [1.165, 1.54) is 12.4 Å². The summed E-state index contributed by atoms with van der Waals surface area (Å²) in [6, 6.07) is 4.43. The minimum Gasteiger partial charge on any atom is -0.468 e. The Bertz CT molecular complexity index is 1270. The smallest absolute Gasteiger partial charge is 0.422 e. The Kier molecular flexibility index (Phi) is 6.46. The molecule has 2 amide bonds. The molecule has 0 fully saturated rings. The molecule has 0 radical (unpaired) electrons. The van der Waals surface area contributed by atoms with E-state index in [-0.39, 0.29) is 36.5 Å². The average molecular weight is 489 g/mol. The predicted octanol–water partition coefficient (Wildman–Crippen LogP) is 3.92. The Morgan fingerprint density at radius 1 is 1.29 bits per heavy atom. The molecule has 12 heteroatoms. The second kappa shape index (κ2) is 9.35. The lowest BCUT2D eigenvalue weighted by atomic mass is 10.1. The molecule has 3 aromatic heterocycles. The van der Waals surface area contributed by atoms with Crippen molar-refractivity contribution in [3.63, 3.8) is 0 Å². The fourth-order valence-electron chi connectivity index (χ4n) is 3.81. The number of aromatic nitrogens is 3. The lowest BCUT2D eigenvalue weighted by molar-refractivity contribution is -0.154. The van der Waals surface area contributed by atoms with Crippen LogP contribution in [0.3, 0.4) is 0 Å². The molecule has 4 heterocycles. The van der Waals surface area contributed by atoms with Crippen LogP contribution in [0.1, 0.15) is 51.5 Å². The molecule has 35 heavy (non-hydrogen) atoms. The van der Waals surface area contributed by atoms with Crippen molar-refractivity contribution in [3.8, 4) is 5.88 Å². The molecule has 184 valence electrons. The number of alkyl halides is 3. The molecule has 0 saturated carbocycles. The first-order valence-electron chi connectivity index (χ1n) is 10.7. The van der Waals surface area contributed by atoms with Crippen LogP contribution in [0.4, 0.5) is 19.0 Å². The number of fused-ring (bicyclic) bond motifs is 1. The number of hydrogen-bond acceptors (Lipinski definition) is 7. The summed E-state index contributed by atoms with van der Waals surface area (Å²) in [5, 5.41) is 6.53. The standard InChI is InChI=1S/C23H22F3N5O4/c1-12-6-15(9-28-21(12)34-11-23(24,25)26)14(3)31-10-18-17(22(31)33)4-5-27-20(18)29-19(32)8-16-7-13(2)35-30-16/h4-7,9,14H,8,10-11H2,1-3H3,(H,27,29,32). The summed E-state index contributed by atoms with van der Waals surface area (Å²) < 4.78 is 47.1. The van der Waals surface area contributed by atoms with Crippen molar-refractivity contribution >= 4 is 17.6 Å². The van der Waals surface area contributed by atoms with Crippen molar-refractivity contribution in [2.24, 2.45) is 0 Å². The second-order valence-corrected chi connectivity index (χ2v) is 8.24. The van der Waals surface area contributed by atoms with Gasteiger partial charge in [-0.1, -0.05) is 5.16 Å². The molecule has 0 aromatic carbocycles. The Morgan fingerprint density at radius 2 is 2.06 bits per heavy atom. The first kappa shape index (κ1) is 24.2. The van der Waals surface area contributed by atoms with Gasteiger partial charge in [-0.25, -0.2) is 9.97 Å². The Hall–Kier alpha value is -3.96. The molecule has 3 aromatic rings. The third-order valence-electron chi connectivity index (χ3n) is 5.53. The van der Waals surface area contributed by atoms with E-state index in [0.29, 0.717) is 33.7 Å². The molecular weight excluding hydrogens is 467 g/mol. The molecule has 4 rings (SSSR count). The number of nitrogens with one attached hydrogen (secondary N) is 1. The molecule has 0 spiro atoms. The first-order valence-corrected chi connectivity index (χ1v) is 10.7. The van der Waals surface area contributed by atoms with E-state index in [1.807, 2.05) is 0 Å². The molecule has 0 aliphatic carbocycles. The van der Waals surface area contributed by atoms with Gasteiger partial charge < -0.3 is 19.5 Å². The van der Waals surface area contributed by atoms with Crippen molar-refractivity contribution in [1.29, 1.82) is 0 Å². The molecule has 1 unspecified atom stereocenters. The van der Waals surface area contributed by atoms with Crippen LogP contribution in [0, 0.1) is 13.8 Å². The van der Waals surface area contributed by atoms with Gasteiger partial charge in [-0.2, -0.15) is 13.2 Å². The third kappa shape index (κ3) is 5.42. The van der Waals surface area contributed by atoms with Gasteiger partial charge in [0.15, 0.2) is 6.61 Å². The van der Waals surface area contributed by atoms with Crippen molar-refractivity contribution in [2.45, 2.75) is 46.0 Å². The summed E-state index contributed by atoms with van der Waals surface area (Å²) in [6.07, 6.45) is -1.65. The zero-order valence-corrected chi connectivity index (χ0v) is 19.1. The quantitative estimate of drug-likeness (QED) is 0.536. The number of anilines is 1. The summed E-state index contributed by atoms with van der Waals surface area (Å²) >= 11 is 0. The Balaban J connectivity index is 1.48. The molecule has 1 atom stereocenters. The van der Waals surface area contributed by atoms with E-state index in [9.17, 15) is 22.8 Å². The molecule has 0 bridgehead atoms. The van der Waals surface area contributed by atoms with Crippen LogP contribution in [0.15, 0.2) is 35.1 Å². The highest BCUT2D eigenvalue weighted by molar-refractivity contribution is 6.01. The third-order valence-corrected chi connectivity index (χ3v) is 5.53. The van der Waals surface area contributed by atoms with Gasteiger partial charge in [0.1, 0.15) is 11.6 Å². The van der Waals surface area contributed by atoms with Crippen molar-refractivity contribution in [1.82, 2.24) is 20.0 Å². The molecule has 1 N–H and O–H groups in total. The molecule has 0 saturated heterocycles. The lowest BCUT2D eigenvalue weighted by Gasteiger charge is -2.25. The predicted molar refractivity (Wildman–Crippen MR) is 117 cm³/mol. The van der Waals surface area contributed by atoms with E-state index < -0.39 is 18.8 Å². The van der Waals surface area contributed by atoms with Crippen molar-refractivity contribution in [2.75, 3.05) is 11.9 Å². The van der Waals surface area contributed by atoms with Crippen LogP contribution in [0.2, 0.25) is 0 Å². The molecule has 1 aliphatic rings. The zero-order valence-electron chi connectivity index (χ0n) is 19.1. The Labute approximate surface area is 198 Å².